The van der Waals surface area contributed by atoms with Gasteiger partial charge < -0.3 is 4.74 Å². The Labute approximate surface area is 141 Å². The van der Waals surface area contributed by atoms with Crippen LogP contribution in [0, 0.1) is 13.8 Å². The van der Waals surface area contributed by atoms with E-state index in [-0.39, 0.29) is 18.2 Å². The summed E-state index contributed by atoms with van der Waals surface area (Å²) in [6.45, 7) is 1.88. The van der Waals surface area contributed by atoms with Crippen LogP contribution in [-0.4, -0.2) is 26.9 Å². The third-order valence-corrected chi connectivity index (χ3v) is 3.58. The van der Waals surface area contributed by atoms with Crippen LogP contribution in [0.25, 0.3) is 0 Å². The molecular formula is C15H15ClF3N3O2. The third kappa shape index (κ3) is 4.95. The van der Waals surface area contributed by atoms with E-state index in [2.05, 4.69) is 10.1 Å². The molecule has 0 atom stereocenters. The molecule has 0 saturated heterocycles. The number of nitrogens with zero attached hydrogens (tertiary/aromatic N) is 3. The Hall–Kier alpha value is -2.09. The molecule has 9 heteroatoms. The quantitative estimate of drug-likeness (QED) is 0.605. The normalized spacial score (nSPS) is 11.6. The van der Waals surface area contributed by atoms with E-state index in [0.29, 0.717) is 22.5 Å². The Morgan fingerprint density at radius 1 is 1.38 bits per heavy atom. The van der Waals surface area contributed by atoms with Gasteiger partial charge in [-0.25, -0.2) is 4.98 Å². The zero-order valence-corrected chi connectivity index (χ0v) is 13.8. The Morgan fingerprint density at radius 2 is 2.08 bits per heavy atom. The highest BCUT2D eigenvalue weighted by Gasteiger charge is 2.30. The maximum Gasteiger partial charge on any atom is 0.408 e. The third-order valence-electron chi connectivity index (χ3n) is 3.37. The molecule has 0 aliphatic heterocycles. The molecule has 2 aromatic heterocycles. The van der Waals surface area contributed by atoms with E-state index >= 15 is 0 Å². The number of alkyl halides is 3. The molecule has 2 aromatic rings. The van der Waals surface area contributed by atoms with E-state index in [0.717, 1.165) is 4.68 Å². The summed E-state index contributed by atoms with van der Waals surface area (Å²) in [5, 5.41) is 4.12. The predicted molar refractivity (Wildman–Crippen MR) is 80.5 cm³/mol. The minimum atomic E-state index is -4.37. The van der Waals surface area contributed by atoms with E-state index < -0.39 is 18.7 Å². The first kappa shape index (κ1) is 18.3. The lowest BCUT2D eigenvalue weighted by Gasteiger charge is -2.09. The van der Waals surface area contributed by atoms with Gasteiger partial charge in [0.15, 0.2) is 0 Å². The summed E-state index contributed by atoms with van der Waals surface area (Å²) in [4.78, 5) is 15.8. The molecule has 0 aliphatic rings. The van der Waals surface area contributed by atoms with E-state index in [4.69, 9.17) is 16.3 Å². The smallest absolute Gasteiger partial charge is 0.408 e. The Kier molecular flexibility index (Phi) is 5.48. The van der Waals surface area contributed by atoms with E-state index in [9.17, 15) is 18.0 Å². The summed E-state index contributed by atoms with van der Waals surface area (Å²) < 4.78 is 43.5. The number of esters is 1. The van der Waals surface area contributed by atoms with Crippen molar-refractivity contribution in [3.05, 3.63) is 46.0 Å². The first-order valence-electron chi connectivity index (χ1n) is 7.01. The molecule has 0 amide bonds. The molecule has 0 aromatic carbocycles. The first-order valence-corrected chi connectivity index (χ1v) is 7.39. The fourth-order valence-corrected chi connectivity index (χ4v) is 2.40. The van der Waals surface area contributed by atoms with Gasteiger partial charge in [-0.05, 0) is 31.5 Å². The summed E-state index contributed by atoms with van der Waals surface area (Å²) in [5.41, 5.74) is 1.79. The van der Waals surface area contributed by atoms with E-state index in [1.165, 1.54) is 13.1 Å². The van der Waals surface area contributed by atoms with Crippen molar-refractivity contribution < 1.29 is 22.7 Å². The first-order chi connectivity index (χ1) is 11.2. The number of carbonyl (C=O) groups is 1. The minimum absolute atomic E-state index is 0.00978. The number of aryl methyl sites for hydroxylation is 1. The summed E-state index contributed by atoms with van der Waals surface area (Å²) >= 11 is 5.73. The van der Waals surface area contributed by atoms with Crippen molar-refractivity contribution >= 4 is 17.6 Å². The number of hydrogen-bond acceptors (Lipinski definition) is 4. The van der Waals surface area contributed by atoms with Crippen LogP contribution in [0.15, 0.2) is 18.3 Å². The van der Waals surface area contributed by atoms with Gasteiger partial charge in [0, 0.05) is 17.5 Å². The number of hydrogen-bond donors (Lipinski definition) is 0. The highest BCUT2D eigenvalue weighted by molar-refractivity contribution is 6.29. The molecule has 0 radical (unpaired) electrons. The zero-order chi connectivity index (χ0) is 17.9. The van der Waals surface area contributed by atoms with Crippen LogP contribution in [0.2, 0.25) is 5.15 Å². The molecule has 2 heterocycles. The van der Waals surface area contributed by atoms with Crippen molar-refractivity contribution in [3.8, 4) is 0 Å². The molecule has 0 fully saturated rings. The molecule has 0 aliphatic carbocycles. The standard InChI is InChI=1S/C15H15ClF3N3O2/c1-9-12(10(2)22(21-9)8-15(17,18)19)6-14(23)24-7-11-3-4-20-13(16)5-11/h3-5H,6-8H2,1-2H3. The van der Waals surface area contributed by atoms with Gasteiger partial charge in [-0.3, -0.25) is 9.48 Å². The highest BCUT2D eigenvalue weighted by atomic mass is 35.5. The summed E-state index contributed by atoms with van der Waals surface area (Å²) in [7, 11) is 0. The fourth-order valence-electron chi connectivity index (χ4n) is 2.21. The van der Waals surface area contributed by atoms with E-state index in [1.54, 1.807) is 19.1 Å². The lowest BCUT2D eigenvalue weighted by Crippen LogP contribution is -2.19. The van der Waals surface area contributed by atoms with Gasteiger partial charge >= 0.3 is 12.1 Å². The molecule has 0 saturated carbocycles. The summed E-state index contributed by atoms with van der Waals surface area (Å²) in [6, 6.07) is 3.21. The average molecular weight is 362 g/mol. The van der Waals surface area contributed by atoms with Gasteiger partial charge in [-0.2, -0.15) is 18.3 Å². The SMILES string of the molecule is Cc1nn(CC(F)(F)F)c(C)c1CC(=O)OCc1ccnc(Cl)c1. The maximum atomic E-state index is 12.5. The van der Waals surface area contributed by atoms with Gasteiger partial charge in [-0.1, -0.05) is 11.6 Å². The second-order valence-electron chi connectivity index (χ2n) is 5.25. The number of pyridine rings is 1. The Bertz CT molecular complexity index is 744. The lowest BCUT2D eigenvalue weighted by atomic mass is 10.1. The van der Waals surface area contributed by atoms with Crippen LogP contribution in [-0.2, 0) is 29.1 Å². The van der Waals surface area contributed by atoms with Crippen molar-refractivity contribution in [2.75, 3.05) is 0 Å². The summed E-state index contributed by atoms with van der Waals surface area (Å²) in [6.07, 6.45) is -3.03. The van der Waals surface area contributed by atoms with Crippen LogP contribution in [0.1, 0.15) is 22.5 Å². The van der Waals surface area contributed by atoms with Crippen molar-refractivity contribution in [1.82, 2.24) is 14.8 Å². The molecular weight excluding hydrogens is 347 g/mol. The summed E-state index contributed by atoms with van der Waals surface area (Å²) in [5.74, 6) is -0.555. The van der Waals surface area contributed by atoms with Crippen molar-refractivity contribution in [2.24, 2.45) is 0 Å². The molecule has 0 unspecified atom stereocenters. The van der Waals surface area contributed by atoms with Crippen LogP contribution >= 0.6 is 11.6 Å². The second kappa shape index (κ2) is 7.21. The van der Waals surface area contributed by atoms with Crippen LogP contribution in [0.3, 0.4) is 0 Å². The van der Waals surface area contributed by atoms with Gasteiger partial charge in [0.05, 0.1) is 12.1 Å². The topological polar surface area (TPSA) is 57.0 Å². The predicted octanol–water partition coefficient (Wildman–Crippen LogP) is 3.40. The number of carbonyl (C=O) groups excluding carboxylic acids is 1. The van der Waals surface area contributed by atoms with Crippen LogP contribution in [0.5, 0.6) is 0 Å². The Morgan fingerprint density at radius 3 is 2.71 bits per heavy atom. The van der Waals surface area contributed by atoms with Crippen LogP contribution < -0.4 is 0 Å². The van der Waals surface area contributed by atoms with Crippen LogP contribution in [0.4, 0.5) is 13.2 Å². The van der Waals surface area contributed by atoms with E-state index in [1.807, 2.05) is 0 Å². The van der Waals surface area contributed by atoms with Gasteiger partial charge in [0.1, 0.15) is 18.3 Å². The fraction of sp³-hybridized carbons (Fsp3) is 0.400. The molecule has 130 valence electrons. The molecule has 2 rings (SSSR count). The largest absolute Gasteiger partial charge is 0.461 e. The van der Waals surface area contributed by atoms with Gasteiger partial charge in [-0.15, -0.1) is 0 Å². The van der Waals surface area contributed by atoms with Gasteiger partial charge in [0.2, 0.25) is 0 Å². The number of ether oxygens (including phenoxy) is 1. The zero-order valence-electron chi connectivity index (χ0n) is 13.0. The maximum absolute atomic E-state index is 12.5. The second-order valence-corrected chi connectivity index (χ2v) is 5.63. The highest BCUT2D eigenvalue weighted by Crippen LogP contribution is 2.21. The molecule has 24 heavy (non-hydrogen) atoms. The number of rotatable bonds is 5. The lowest BCUT2D eigenvalue weighted by molar-refractivity contribution is -0.144. The average Bonchev–Trinajstić information content (AvgIpc) is 2.71. The van der Waals surface area contributed by atoms with Crippen molar-refractivity contribution in [3.63, 3.8) is 0 Å². The number of halogens is 4. The molecule has 5 nitrogen and oxygen atoms in total. The molecule has 0 spiro atoms. The molecule has 0 N–H and O–H groups in total. The Balaban J connectivity index is 2.01. The number of aromatic nitrogens is 3. The van der Waals surface area contributed by atoms with Gasteiger partial charge in [0.25, 0.3) is 0 Å². The monoisotopic (exact) mass is 361 g/mol. The van der Waals surface area contributed by atoms with Crippen molar-refractivity contribution in [1.29, 1.82) is 0 Å². The van der Waals surface area contributed by atoms with Crippen molar-refractivity contribution in [2.45, 2.75) is 39.6 Å². The molecule has 0 bridgehead atoms. The minimum Gasteiger partial charge on any atom is -0.461 e.